The summed E-state index contributed by atoms with van der Waals surface area (Å²) < 4.78 is 7.86. The SMILES string of the molecule is CCCN(C(=O)Nc1c(C(C)C)cc(-c2cccc(OCCCn3cncn3)c2)cc1C(C)C)c1cc2cccnc2[nH]c1=O. The molecule has 0 atom stereocenters. The van der Waals surface area contributed by atoms with Gasteiger partial charge in [-0.05, 0) is 83.0 Å². The maximum Gasteiger partial charge on any atom is 0.326 e. The van der Waals surface area contributed by atoms with Crippen LogP contribution in [0.15, 0.2) is 78.2 Å². The molecule has 5 rings (SSSR count). The van der Waals surface area contributed by atoms with Crippen LogP contribution in [0.4, 0.5) is 16.2 Å². The van der Waals surface area contributed by atoms with Crippen LogP contribution in [0, 0.1) is 0 Å². The van der Waals surface area contributed by atoms with Crippen LogP contribution >= 0.6 is 0 Å². The summed E-state index contributed by atoms with van der Waals surface area (Å²) in [6.07, 6.45) is 6.36. The molecule has 10 nitrogen and oxygen atoms in total. The first-order valence-electron chi connectivity index (χ1n) is 15.5. The second-order valence-corrected chi connectivity index (χ2v) is 11.7. The molecule has 0 radical (unpaired) electrons. The Kier molecular flexibility index (Phi) is 9.92. The molecule has 5 aromatic rings. The Hall–Kier alpha value is -4.99. The van der Waals surface area contributed by atoms with Gasteiger partial charge in [-0.1, -0.05) is 46.8 Å². The molecule has 0 unspecified atom stereocenters. The fourth-order valence-electron chi connectivity index (χ4n) is 5.39. The average molecular weight is 608 g/mol. The summed E-state index contributed by atoms with van der Waals surface area (Å²) >= 11 is 0. The number of nitrogens with zero attached hydrogens (tertiary/aromatic N) is 5. The number of nitrogens with one attached hydrogen (secondary N) is 2. The van der Waals surface area contributed by atoms with E-state index in [1.54, 1.807) is 23.3 Å². The van der Waals surface area contributed by atoms with Crippen molar-refractivity contribution < 1.29 is 9.53 Å². The van der Waals surface area contributed by atoms with Gasteiger partial charge in [-0.3, -0.25) is 14.4 Å². The largest absolute Gasteiger partial charge is 0.494 e. The Labute approximate surface area is 263 Å². The first-order chi connectivity index (χ1) is 21.7. The number of hydrogen-bond donors (Lipinski definition) is 2. The number of anilines is 2. The lowest BCUT2D eigenvalue weighted by atomic mass is 9.88. The number of rotatable bonds is 12. The Morgan fingerprint density at radius 3 is 2.49 bits per heavy atom. The van der Waals surface area contributed by atoms with Crippen molar-refractivity contribution in [2.75, 3.05) is 23.4 Å². The van der Waals surface area contributed by atoms with E-state index in [9.17, 15) is 9.59 Å². The Morgan fingerprint density at radius 1 is 1.02 bits per heavy atom. The zero-order chi connectivity index (χ0) is 31.9. The molecule has 0 aliphatic heterocycles. The fraction of sp³-hybridized carbons (Fsp3) is 0.343. The number of benzene rings is 2. The highest BCUT2D eigenvalue weighted by Gasteiger charge is 2.24. The molecular weight excluding hydrogens is 566 g/mol. The fourth-order valence-corrected chi connectivity index (χ4v) is 5.39. The summed E-state index contributed by atoms with van der Waals surface area (Å²) in [6.45, 7) is 12.2. The number of aromatic amines is 1. The van der Waals surface area contributed by atoms with Crippen LogP contribution in [0.1, 0.15) is 70.4 Å². The van der Waals surface area contributed by atoms with E-state index in [-0.39, 0.29) is 23.4 Å². The van der Waals surface area contributed by atoms with E-state index in [1.807, 2.05) is 31.2 Å². The number of carbonyl (C=O) groups is 1. The summed E-state index contributed by atoms with van der Waals surface area (Å²) in [7, 11) is 0. The molecular formula is C35H41N7O3. The second kappa shape index (κ2) is 14.2. The molecule has 0 fully saturated rings. The second-order valence-electron chi connectivity index (χ2n) is 11.7. The lowest BCUT2D eigenvalue weighted by Gasteiger charge is -2.26. The maximum absolute atomic E-state index is 14.0. The Bertz CT molecular complexity index is 1780. The van der Waals surface area contributed by atoms with E-state index in [4.69, 9.17) is 4.74 Å². The normalized spacial score (nSPS) is 11.4. The van der Waals surface area contributed by atoms with E-state index >= 15 is 0 Å². The monoisotopic (exact) mass is 607 g/mol. The molecule has 0 saturated carbocycles. The van der Waals surface area contributed by atoms with Crippen LogP contribution in [-0.2, 0) is 6.54 Å². The lowest BCUT2D eigenvalue weighted by Crippen LogP contribution is -2.39. The minimum atomic E-state index is -0.353. The third-order valence-electron chi connectivity index (χ3n) is 7.69. The van der Waals surface area contributed by atoms with Crippen LogP contribution in [0.3, 0.4) is 0 Å². The summed E-state index contributed by atoms with van der Waals surface area (Å²) in [5.41, 5.74) is 5.36. The first kappa shape index (κ1) is 31.4. The summed E-state index contributed by atoms with van der Waals surface area (Å²) in [4.78, 5) is 39.6. The van der Waals surface area contributed by atoms with E-state index in [0.717, 1.165) is 52.0 Å². The van der Waals surface area contributed by atoms with Crippen LogP contribution < -0.4 is 20.5 Å². The van der Waals surface area contributed by atoms with Crippen molar-refractivity contribution in [2.45, 2.75) is 65.8 Å². The number of aryl methyl sites for hydroxylation is 1. The number of ether oxygens (including phenoxy) is 1. The number of urea groups is 1. The van der Waals surface area contributed by atoms with Crippen LogP contribution in [-0.4, -0.2) is 43.9 Å². The van der Waals surface area contributed by atoms with Gasteiger partial charge in [0.1, 0.15) is 29.7 Å². The van der Waals surface area contributed by atoms with E-state index in [1.165, 1.54) is 11.2 Å². The summed E-state index contributed by atoms with van der Waals surface area (Å²) in [6, 6.07) is 17.5. The number of amides is 2. The van der Waals surface area contributed by atoms with Gasteiger partial charge in [0.15, 0.2) is 0 Å². The Morgan fingerprint density at radius 2 is 1.80 bits per heavy atom. The summed E-state index contributed by atoms with van der Waals surface area (Å²) in [5, 5.41) is 8.12. The van der Waals surface area contributed by atoms with Crippen molar-refractivity contribution in [3.8, 4) is 16.9 Å². The highest BCUT2D eigenvalue weighted by molar-refractivity contribution is 6.03. The molecule has 2 amide bonds. The van der Waals surface area contributed by atoms with Crippen molar-refractivity contribution in [1.82, 2.24) is 24.7 Å². The van der Waals surface area contributed by atoms with Gasteiger partial charge in [-0.2, -0.15) is 5.10 Å². The predicted octanol–water partition coefficient (Wildman–Crippen LogP) is 7.35. The standard InChI is InChI=1S/C35H41N7O3/c1-6-14-42(31-20-26-11-8-13-37-33(26)40-34(31)43)35(44)39-32-29(23(2)3)18-27(19-30(32)24(4)5)25-10-7-12-28(17-25)45-16-9-15-41-22-36-21-38-41/h7-8,10-13,17-24H,6,9,14-16H2,1-5H3,(H,39,44)(H,37,40,43). The molecule has 45 heavy (non-hydrogen) atoms. The van der Waals surface area contributed by atoms with Crippen LogP contribution in [0.5, 0.6) is 5.75 Å². The van der Waals surface area contributed by atoms with Gasteiger partial charge in [0.2, 0.25) is 0 Å². The number of fused-ring (bicyclic) bond motifs is 1. The van der Waals surface area contributed by atoms with Gasteiger partial charge in [0, 0.05) is 36.8 Å². The highest BCUT2D eigenvalue weighted by Crippen LogP contribution is 2.38. The van der Waals surface area contributed by atoms with Crippen molar-refractivity contribution in [3.05, 3.63) is 94.9 Å². The first-order valence-corrected chi connectivity index (χ1v) is 15.5. The molecule has 2 N–H and O–H groups in total. The molecule has 0 aliphatic carbocycles. The molecule has 0 spiro atoms. The van der Waals surface area contributed by atoms with Gasteiger partial charge < -0.3 is 15.0 Å². The van der Waals surface area contributed by atoms with Gasteiger partial charge in [0.05, 0.1) is 6.61 Å². The molecule has 3 heterocycles. The van der Waals surface area contributed by atoms with Crippen molar-refractivity contribution in [1.29, 1.82) is 0 Å². The minimum Gasteiger partial charge on any atom is -0.494 e. The van der Waals surface area contributed by atoms with Crippen molar-refractivity contribution in [3.63, 3.8) is 0 Å². The quantitative estimate of drug-likeness (QED) is 0.143. The molecule has 0 aliphatic rings. The molecule has 3 aromatic heterocycles. The number of aromatic nitrogens is 5. The number of H-pyrrole nitrogens is 1. The molecule has 0 bridgehead atoms. The number of hydrogen-bond acceptors (Lipinski definition) is 6. The molecule has 10 heteroatoms. The van der Waals surface area contributed by atoms with E-state index < -0.39 is 0 Å². The zero-order valence-electron chi connectivity index (χ0n) is 26.6. The van der Waals surface area contributed by atoms with Gasteiger partial charge in [0.25, 0.3) is 5.56 Å². The lowest BCUT2D eigenvalue weighted by molar-refractivity contribution is 0.256. The predicted molar refractivity (Wildman–Crippen MR) is 179 cm³/mol. The van der Waals surface area contributed by atoms with E-state index in [0.29, 0.717) is 30.9 Å². The summed E-state index contributed by atoms with van der Waals surface area (Å²) in [5.74, 6) is 1.05. The number of pyridine rings is 2. The smallest absolute Gasteiger partial charge is 0.326 e. The van der Waals surface area contributed by atoms with Gasteiger partial charge in [-0.25, -0.2) is 14.8 Å². The molecule has 0 saturated heterocycles. The minimum absolute atomic E-state index is 0.128. The van der Waals surface area contributed by atoms with Gasteiger partial charge >= 0.3 is 6.03 Å². The third-order valence-corrected chi connectivity index (χ3v) is 7.69. The highest BCUT2D eigenvalue weighted by atomic mass is 16.5. The van der Waals surface area contributed by atoms with E-state index in [2.05, 4.69) is 77.3 Å². The van der Waals surface area contributed by atoms with Crippen LogP contribution in [0.2, 0.25) is 0 Å². The van der Waals surface area contributed by atoms with Gasteiger partial charge in [-0.15, -0.1) is 0 Å². The number of carbonyl (C=O) groups excluding carboxylic acids is 1. The molecule has 234 valence electrons. The van der Waals surface area contributed by atoms with Crippen LogP contribution in [0.25, 0.3) is 22.2 Å². The van der Waals surface area contributed by atoms with Crippen molar-refractivity contribution in [2.24, 2.45) is 0 Å². The molecule has 2 aromatic carbocycles. The Balaban J connectivity index is 1.44. The zero-order valence-corrected chi connectivity index (χ0v) is 26.6. The topological polar surface area (TPSA) is 118 Å². The van der Waals surface area contributed by atoms with Crippen molar-refractivity contribution >= 4 is 28.4 Å². The maximum atomic E-state index is 14.0. The third kappa shape index (κ3) is 7.39. The average Bonchev–Trinajstić information content (AvgIpc) is 3.55.